The van der Waals surface area contributed by atoms with Gasteiger partial charge in [0.15, 0.2) is 0 Å². The zero-order valence-corrected chi connectivity index (χ0v) is 12.0. The van der Waals surface area contributed by atoms with E-state index in [4.69, 9.17) is 5.11 Å². The second-order valence-corrected chi connectivity index (χ2v) is 4.80. The molecule has 0 heterocycles. The molecule has 2 aromatic rings. The number of anilines is 1. The highest BCUT2D eigenvalue weighted by atomic mass is 16.4. The van der Waals surface area contributed by atoms with Crippen LogP contribution in [0, 0.1) is 6.92 Å². The number of carbonyl (C=O) groups is 2. The highest BCUT2D eigenvalue weighted by Crippen LogP contribution is 2.17. The van der Waals surface area contributed by atoms with E-state index >= 15 is 0 Å². The Hall–Kier alpha value is -2.62. The quantitative estimate of drug-likeness (QED) is 0.902. The third-order valence-corrected chi connectivity index (χ3v) is 3.36. The number of rotatable bonds is 4. The lowest BCUT2D eigenvalue weighted by Crippen LogP contribution is -2.14. The molecular weight excluding hydrogens is 266 g/mol. The molecule has 108 valence electrons. The molecule has 2 N–H and O–H groups in total. The van der Waals surface area contributed by atoms with Crippen molar-refractivity contribution < 1.29 is 14.7 Å². The van der Waals surface area contributed by atoms with Crippen molar-refractivity contribution in [2.24, 2.45) is 0 Å². The smallest absolute Gasteiger partial charge is 0.335 e. The summed E-state index contributed by atoms with van der Waals surface area (Å²) in [6, 6.07) is 12.2. The second-order valence-electron chi connectivity index (χ2n) is 4.80. The van der Waals surface area contributed by atoms with E-state index in [0.29, 0.717) is 16.8 Å². The maximum absolute atomic E-state index is 12.3. The fraction of sp³-hybridized carbons (Fsp3) is 0.176. The van der Waals surface area contributed by atoms with Gasteiger partial charge in [-0.25, -0.2) is 4.79 Å². The molecule has 0 aromatic heterocycles. The summed E-state index contributed by atoms with van der Waals surface area (Å²) in [7, 11) is 0. The molecular formula is C17H17NO3. The lowest BCUT2D eigenvalue weighted by Gasteiger charge is -2.10. The first-order chi connectivity index (χ1) is 10.0. The van der Waals surface area contributed by atoms with Crippen LogP contribution in [0.15, 0.2) is 42.5 Å². The van der Waals surface area contributed by atoms with Crippen LogP contribution in [-0.4, -0.2) is 17.0 Å². The van der Waals surface area contributed by atoms with Gasteiger partial charge in [0.2, 0.25) is 0 Å². The normalized spacial score (nSPS) is 10.2. The van der Waals surface area contributed by atoms with E-state index in [0.717, 1.165) is 12.0 Å². The summed E-state index contributed by atoms with van der Waals surface area (Å²) in [5, 5.41) is 11.8. The number of carboxylic acid groups (broad SMARTS) is 1. The highest BCUT2D eigenvalue weighted by molar-refractivity contribution is 6.05. The molecule has 21 heavy (non-hydrogen) atoms. The third kappa shape index (κ3) is 3.28. The molecule has 2 rings (SSSR count). The molecule has 0 aliphatic heterocycles. The van der Waals surface area contributed by atoms with Crippen LogP contribution in [-0.2, 0) is 6.42 Å². The molecule has 0 saturated heterocycles. The van der Waals surface area contributed by atoms with Crippen molar-refractivity contribution in [2.45, 2.75) is 20.3 Å². The van der Waals surface area contributed by atoms with Crippen LogP contribution >= 0.6 is 0 Å². The number of carbonyl (C=O) groups excluding carboxylic acids is 1. The van der Waals surface area contributed by atoms with Gasteiger partial charge in [-0.1, -0.05) is 25.1 Å². The number of aryl methyl sites for hydroxylation is 2. The average molecular weight is 283 g/mol. The Morgan fingerprint density at radius 3 is 2.43 bits per heavy atom. The lowest BCUT2D eigenvalue weighted by atomic mass is 10.0. The summed E-state index contributed by atoms with van der Waals surface area (Å²) >= 11 is 0. The summed E-state index contributed by atoms with van der Waals surface area (Å²) in [6.07, 6.45) is 0.778. The summed E-state index contributed by atoms with van der Waals surface area (Å²) in [4.78, 5) is 23.3. The maximum Gasteiger partial charge on any atom is 0.335 e. The summed E-state index contributed by atoms with van der Waals surface area (Å²) in [5.74, 6) is -1.16. The largest absolute Gasteiger partial charge is 0.478 e. The van der Waals surface area contributed by atoms with Crippen LogP contribution in [0.4, 0.5) is 5.69 Å². The van der Waals surface area contributed by atoms with Gasteiger partial charge in [0, 0.05) is 11.3 Å². The van der Waals surface area contributed by atoms with E-state index in [1.807, 2.05) is 25.1 Å². The SMILES string of the molecule is CCc1ccccc1C(=O)Nc1ccc(C(=O)O)c(C)c1. The van der Waals surface area contributed by atoms with Crippen molar-refractivity contribution >= 4 is 17.6 Å². The van der Waals surface area contributed by atoms with Crippen molar-refractivity contribution in [2.75, 3.05) is 5.32 Å². The van der Waals surface area contributed by atoms with Crippen molar-refractivity contribution in [3.8, 4) is 0 Å². The number of benzene rings is 2. The van der Waals surface area contributed by atoms with Gasteiger partial charge in [-0.15, -0.1) is 0 Å². The minimum Gasteiger partial charge on any atom is -0.478 e. The Labute approximate surface area is 123 Å². The van der Waals surface area contributed by atoms with Crippen molar-refractivity contribution in [3.05, 3.63) is 64.7 Å². The molecule has 0 saturated carbocycles. The molecule has 0 aliphatic rings. The molecule has 2 aromatic carbocycles. The Morgan fingerprint density at radius 2 is 1.81 bits per heavy atom. The highest BCUT2D eigenvalue weighted by Gasteiger charge is 2.12. The number of hydrogen-bond donors (Lipinski definition) is 2. The first-order valence-corrected chi connectivity index (χ1v) is 6.76. The van der Waals surface area contributed by atoms with E-state index < -0.39 is 5.97 Å². The fourth-order valence-electron chi connectivity index (χ4n) is 2.23. The van der Waals surface area contributed by atoms with Crippen LogP contribution in [0.1, 0.15) is 38.8 Å². The van der Waals surface area contributed by atoms with Gasteiger partial charge in [-0.05, 0) is 48.7 Å². The van der Waals surface area contributed by atoms with Crippen LogP contribution < -0.4 is 5.32 Å². The van der Waals surface area contributed by atoms with Gasteiger partial charge < -0.3 is 10.4 Å². The van der Waals surface area contributed by atoms with E-state index in [9.17, 15) is 9.59 Å². The Balaban J connectivity index is 2.24. The first kappa shape index (κ1) is 14.8. The minimum absolute atomic E-state index is 0.185. The van der Waals surface area contributed by atoms with Gasteiger partial charge in [-0.3, -0.25) is 4.79 Å². The van der Waals surface area contributed by atoms with Gasteiger partial charge in [0.1, 0.15) is 0 Å². The summed E-state index contributed by atoms with van der Waals surface area (Å²) in [5.41, 5.74) is 3.06. The fourth-order valence-corrected chi connectivity index (χ4v) is 2.23. The van der Waals surface area contributed by atoms with Gasteiger partial charge in [0.05, 0.1) is 5.56 Å². The molecule has 4 heteroatoms. The van der Waals surface area contributed by atoms with Crippen LogP contribution in [0.2, 0.25) is 0 Å². The number of amides is 1. The van der Waals surface area contributed by atoms with Crippen molar-refractivity contribution in [1.29, 1.82) is 0 Å². The zero-order chi connectivity index (χ0) is 15.4. The molecule has 0 unspecified atom stereocenters. The predicted molar refractivity (Wildman–Crippen MR) is 81.9 cm³/mol. The molecule has 0 atom stereocenters. The average Bonchev–Trinajstić information content (AvgIpc) is 2.46. The second kappa shape index (κ2) is 6.22. The summed E-state index contributed by atoms with van der Waals surface area (Å²) in [6.45, 7) is 3.71. The Morgan fingerprint density at radius 1 is 1.10 bits per heavy atom. The molecule has 0 radical (unpaired) electrons. The van der Waals surface area contributed by atoms with Gasteiger partial charge in [-0.2, -0.15) is 0 Å². The van der Waals surface area contributed by atoms with Crippen molar-refractivity contribution in [1.82, 2.24) is 0 Å². The standard InChI is InChI=1S/C17H17NO3/c1-3-12-6-4-5-7-15(12)16(19)18-13-8-9-14(17(20)21)11(2)10-13/h4-10H,3H2,1-2H3,(H,18,19)(H,20,21). The van der Waals surface area contributed by atoms with E-state index in [2.05, 4.69) is 5.32 Å². The number of carboxylic acids is 1. The Bertz CT molecular complexity index is 692. The van der Waals surface area contributed by atoms with Gasteiger partial charge in [0.25, 0.3) is 5.91 Å². The maximum atomic E-state index is 12.3. The Kier molecular flexibility index (Phi) is 4.38. The van der Waals surface area contributed by atoms with E-state index in [-0.39, 0.29) is 11.5 Å². The summed E-state index contributed by atoms with van der Waals surface area (Å²) < 4.78 is 0. The van der Waals surface area contributed by atoms with Gasteiger partial charge >= 0.3 is 5.97 Å². The third-order valence-electron chi connectivity index (χ3n) is 3.36. The van der Waals surface area contributed by atoms with E-state index in [1.54, 1.807) is 25.1 Å². The molecule has 0 spiro atoms. The first-order valence-electron chi connectivity index (χ1n) is 6.76. The molecule has 0 aliphatic carbocycles. The molecule has 0 fully saturated rings. The van der Waals surface area contributed by atoms with E-state index in [1.165, 1.54) is 6.07 Å². The monoisotopic (exact) mass is 283 g/mol. The predicted octanol–water partition coefficient (Wildman–Crippen LogP) is 3.51. The lowest BCUT2D eigenvalue weighted by molar-refractivity contribution is 0.0696. The van der Waals surface area contributed by atoms with Crippen LogP contribution in [0.25, 0.3) is 0 Å². The van der Waals surface area contributed by atoms with Crippen molar-refractivity contribution in [3.63, 3.8) is 0 Å². The topological polar surface area (TPSA) is 66.4 Å². The number of aromatic carboxylic acids is 1. The van der Waals surface area contributed by atoms with Crippen LogP contribution in [0.3, 0.4) is 0 Å². The molecule has 4 nitrogen and oxygen atoms in total. The number of hydrogen-bond acceptors (Lipinski definition) is 2. The van der Waals surface area contributed by atoms with Crippen LogP contribution in [0.5, 0.6) is 0 Å². The number of nitrogens with one attached hydrogen (secondary N) is 1. The molecule has 1 amide bonds. The zero-order valence-electron chi connectivity index (χ0n) is 12.0. The minimum atomic E-state index is -0.971. The molecule has 0 bridgehead atoms.